The predicted octanol–water partition coefficient (Wildman–Crippen LogP) is 4.44. The van der Waals surface area contributed by atoms with Gasteiger partial charge in [-0.15, -0.1) is 0 Å². The van der Waals surface area contributed by atoms with Gasteiger partial charge in [-0.3, -0.25) is 9.59 Å². The van der Waals surface area contributed by atoms with Gasteiger partial charge in [0.05, 0.1) is 17.0 Å². The van der Waals surface area contributed by atoms with E-state index in [0.29, 0.717) is 23.1 Å². The van der Waals surface area contributed by atoms with E-state index < -0.39 is 6.04 Å². The number of halogens is 1. The van der Waals surface area contributed by atoms with Gasteiger partial charge >= 0.3 is 0 Å². The maximum atomic E-state index is 13.4. The van der Waals surface area contributed by atoms with Crippen molar-refractivity contribution in [2.45, 2.75) is 19.9 Å². The molecule has 1 aromatic heterocycles. The second-order valence-electron chi connectivity index (χ2n) is 7.15. The standard InChI is InChI=1S/C23H23BrN2O3/c1-3-25(4-2)12-13-26-20(15-8-6-5-7-9-15)19-21(27)17-14-16(24)10-11-18(17)29-22(19)23(26)28/h5-11,14,20H,3-4,12-13H2,1-2H3/t20-/m0/s1. The number of likely N-dealkylation sites (N-methyl/N-ethyl adjacent to an activating group) is 1. The second kappa shape index (κ2) is 8.13. The molecule has 1 aliphatic heterocycles. The number of hydrogen-bond acceptors (Lipinski definition) is 4. The van der Waals surface area contributed by atoms with Crippen LogP contribution in [0.3, 0.4) is 0 Å². The molecule has 2 aromatic carbocycles. The van der Waals surface area contributed by atoms with Crippen molar-refractivity contribution in [3.63, 3.8) is 0 Å². The lowest BCUT2D eigenvalue weighted by Crippen LogP contribution is -2.37. The molecule has 3 aromatic rings. The molecule has 0 saturated carbocycles. The van der Waals surface area contributed by atoms with Crippen molar-refractivity contribution in [3.8, 4) is 0 Å². The van der Waals surface area contributed by atoms with Crippen LogP contribution in [0.1, 0.15) is 41.6 Å². The van der Waals surface area contributed by atoms with Crippen molar-refractivity contribution in [2.75, 3.05) is 26.2 Å². The van der Waals surface area contributed by atoms with Crippen LogP contribution in [0.4, 0.5) is 0 Å². The predicted molar refractivity (Wildman–Crippen MR) is 117 cm³/mol. The first-order valence-corrected chi connectivity index (χ1v) is 10.7. The van der Waals surface area contributed by atoms with E-state index in [-0.39, 0.29) is 17.1 Å². The molecular weight excluding hydrogens is 432 g/mol. The molecule has 29 heavy (non-hydrogen) atoms. The van der Waals surface area contributed by atoms with Gasteiger partial charge < -0.3 is 14.2 Å². The molecule has 1 atom stereocenters. The molecule has 0 fully saturated rings. The van der Waals surface area contributed by atoms with Crippen molar-refractivity contribution < 1.29 is 9.21 Å². The first-order chi connectivity index (χ1) is 14.0. The van der Waals surface area contributed by atoms with Crippen LogP contribution >= 0.6 is 15.9 Å². The fourth-order valence-electron chi connectivity index (χ4n) is 3.99. The summed E-state index contributed by atoms with van der Waals surface area (Å²) in [4.78, 5) is 30.8. The van der Waals surface area contributed by atoms with E-state index in [0.717, 1.165) is 29.7 Å². The minimum absolute atomic E-state index is 0.143. The fraction of sp³-hybridized carbons (Fsp3) is 0.304. The largest absolute Gasteiger partial charge is 0.450 e. The zero-order valence-corrected chi connectivity index (χ0v) is 18.1. The van der Waals surface area contributed by atoms with E-state index in [4.69, 9.17) is 4.42 Å². The molecule has 5 nitrogen and oxygen atoms in total. The number of amides is 1. The summed E-state index contributed by atoms with van der Waals surface area (Å²) in [6, 6.07) is 14.6. The van der Waals surface area contributed by atoms with Gasteiger partial charge in [0.25, 0.3) is 5.91 Å². The molecule has 1 aliphatic rings. The van der Waals surface area contributed by atoms with Crippen LogP contribution in [0, 0.1) is 0 Å². The first-order valence-electron chi connectivity index (χ1n) is 9.89. The highest BCUT2D eigenvalue weighted by atomic mass is 79.9. The van der Waals surface area contributed by atoms with E-state index >= 15 is 0 Å². The Morgan fingerprint density at radius 2 is 1.79 bits per heavy atom. The topological polar surface area (TPSA) is 53.8 Å². The van der Waals surface area contributed by atoms with Crippen molar-refractivity contribution in [2.24, 2.45) is 0 Å². The lowest BCUT2D eigenvalue weighted by atomic mass is 9.98. The van der Waals surface area contributed by atoms with Gasteiger partial charge in [-0.05, 0) is 36.9 Å². The van der Waals surface area contributed by atoms with E-state index in [1.165, 1.54) is 0 Å². The smallest absolute Gasteiger partial charge is 0.290 e. The van der Waals surface area contributed by atoms with Crippen LogP contribution in [0.15, 0.2) is 62.2 Å². The molecule has 2 heterocycles. The monoisotopic (exact) mass is 454 g/mol. The number of carbonyl (C=O) groups excluding carboxylic acids is 1. The van der Waals surface area contributed by atoms with Crippen LogP contribution in [0.25, 0.3) is 11.0 Å². The van der Waals surface area contributed by atoms with E-state index in [1.54, 1.807) is 17.0 Å². The number of carbonyl (C=O) groups is 1. The molecular formula is C23H23BrN2O3. The van der Waals surface area contributed by atoms with E-state index in [1.807, 2.05) is 36.4 Å². The van der Waals surface area contributed by atoms with Crippen molar-refractivity contribution in [3.05, 3.63) is 80.1 Å². The number of benzene rings is 2. The third kappa shape index (κ3) is 3.51. The van der Waals surface area contributed by atoms with Crippen LogP contribution in [-0.4, -0.2) is 41.9 Å². The van der Waals surface area contributed by atoms with E-state index in [2.05, 4.69) is 34.7 Å². The van der Waals surface area contributed by atoms with Crippen LogP contribution in [-0.2, 0) is 0 Å². The molecule has 0 unspecified atom stereocenters. The normalized spacial score (nSPS) is 16.1. The van der Waals surface area contributed by atoms with Crippen molar-refractivity contribution >= 4 is 32.8 Å². The zero-order valence-electron chi connectivity index (χ0n) is 16.5. The van der Waals surface area contributed by atoms with Crippen LogP contribution in [0.2, 0.25) is 0 Å². The molecule has 0 radical (unpaired) electrons. The summed E-state index contributed by atoms with van der Waals surface area (Å²) in [5.41, 5.74) is 1.64. The highest BCUT2D eigenvalue weighted by molar-refractivity contribution is 9.10. The second-order valence-corrected chi connectivity index (χ2v) is 8.07. The minimum atomic E-state index is -0.436. The lowest BCUT2D eigenvalue weighted by molar-refractivity contribution is 0.0708. The Bertz CT molecular complexity index is 1110. The average Bonchev–Trinajstić information content (AvgIpc) is 3.02. The molecule has 0 spiro atoms. The highest BCUT2D eigenvalue weighted by Crippen LogP contribution is 2.38. The summed E-state index contributed by atoms with van der Waals surface area (Å²) in [5.74, 6) is -0.0545. The molecule has 6 heteroatoms. The summed E-state index contributed by atoms with van der Waals surface area (Å²) >= 11 is 3.42. The number of fused-ring (bicyclic) bond motifs is 2. The van der Waals surface area contributed by atoms with Gasteiger partial charge in [0.2, 0.25) is 5.76 Å². The van der Waals surface area contributed by atoms with Gasteiger partial charge in [-0.1, -0.05) is 60.1 Å². The van der Waals surface area contributed by atoms with Gasteiger partial charge in [-0.2, -0.15) is 0 Å². The third-order valence-corrected chi connectivity index (χ3v) is 6.09. The van der Waals surface area contributed by atoms with Gasteiger partial charge in [0, 0.05) is 17.6 Å². The summed E-state index contributed by atoms with van der Waals surface area (Å²) in [5, 5.41) is 0.484. The Morgan fingerprint density at radius 3 is 2.48 bits per heavy atom. The molecule has 0 saturated heterocycles. The number of hydrogen-bond donors (Lipinski definition) is 0. The number of nitrogens with zero attached hydrogens (tertiary/aromatic N) is 2. The molecule has 150 valence electrons. The van der Waals surface area contributed by atoms with Gasteiger partial charge in [0.1, 0.15) is 5.58 Å². The summed E-state index contributed by atoms with van der Waals surface area (Å²) in [6.45, 7) is 7.31. The molecule has 0 N–H and O–H groups in total. The van der Waals surface area contributed by atoms with Gasteiger partial charge in [-0.25, -0.2) is 0 Å². The summed E-state index contributed by atoms with van der Waals surface area (Å²) in [6.07, 6.45) is 0. The Kier molecular flexibility index (Phi) is 5.56. The minimum Gasteiger partial charge on any atom is -0.450 e. The maximum absolute atomic E-state index is 13.4. The summed E-state index contributed by atoms with van der Waals surface area (Å²) in [7, 11) is 0. The van der Waals surface area contributed by atoms with Crippen LogP contribution in [0.5, 0.6) is 0 Å². The van der Waals surface area contributed by atoms with E-state index in [9.17, 15) is 9.59 Å². The molecule has 0 aliphatic carbocycles. The van der Waals surface area contributed by atoms with Crippen LogP contribution < -0.4 is 5.43 Å². The van der Waals surface area contributed by atoms with Gasteiger partial charge in [0.15, 0.2) is 5.43 Å². The number of rotatable bonds is 6. The molecule has 4 rings (SSSR count). The molecule has 0 bridgehead atoms. The van der Waals surface area contributed by atoms with Crippen molar-refractivity contribution in [1.29, 1.82) is 0 Å². The SMILES string of the molecule is CCN(CC)CCN1C(=O)c2oc3ccc(Br)cc3c(=O)c2[C@@H]1c1ccccc1. The Morgan fingerprint density at radius 1 is 1.07 bits per heavy atom. The third-order valence-electron chi connectivity index (χ3n) is 5.59. The van der Waals surface area contributed by atoms with Crippen molar-refractivity contribution in [1.82, 2.24) is 9.80 Å². The maximum Gasteiger partial charge on any atom is 0.290 e. The average molecular weight is 455 g/mol. The Labute approximate surface area is 178 Å². The zero-order chi connectivity index (χ0) is 20.5. The quantitative estimate of drug-likeness (QED) is 0.552. The molecule has 1 amide bonds. The Balaban J connectivity index is 1.87. The first kappa shape index (κ1) is 19.9. The fourth-order valence-corrected chi connectivity index (χ4v) is 4.36. The Hall–Kier alpha value is -2.44. The lowest BCUT2D eigenvalue weighted by Gasteiger charge is -2.28. The highest BCUT2D eigenvalue weighted by Gasteiger charge is 2.42. The summed E-state index contributed by atoms with van der Waals surface area (Å²) < 4.78 is 6.77.